The van der Waals surface area contributed by atoms with Crippen molar-refractivity contribution in [1.82, 2.24) is 4.57 Å². The van der Waals surface area contributed by atoms with Crippen LogP contribution in [0.15, 0.2) is 33.5 Å². The third kappa shape index (κ3) is 3.28. The lowest BCUT2D eigenvalue weighted by atomic mass is 10.1. The highest BCUT2D eigenvalue weighted by molar-refractivity contribution is 6.32. The van der Waals surface area contributed by atoms with Crippen LogP contribution < -0.4 is 5.63 Å². The van der Waals surface area contributed by atoms with E-state index in [1.165, 1.54) is 6.07 Å². The van der Waals surface area contributed by atoms with Crippen LogP contribution in [0.3, 0.4) is 0 Å². The van der Waals surface area contributed by atoms with E-state index in [-0.39, 0.29) is 6.61 Å². The zero-order valence-corrected chi connectivity index (χ0v) is 16.2. The molecule has 0 saturated heterocycles. The van der Waals surface area contributed by atoms with Gasteiger partial charge in [-0.05, 0) is 57.4 Å². The van der Waals surface area contributed by atoms with Gasteiger partial charge in [0.05, 0.1) is 5.56 Å². The van der Waals surface area contributed by atoms with Gasteiger partial charge in [0, 0.05) is 39.5 Å². The summed E-state index contributed by atoms with van der Waals surface area (Å²) in [6.45, 7) is 5.76. The third-order valence-electron chi connectivity index (χ3n) is 5.08. The zero-order chi connectivity index (χ0) is 19.3. The second-order valence-electron chi connectivity index (χ2n) is 7.15. The van der Waals surface area contributed by atoms with Gasteiger partial charge >= 0.3 is 11.6 Å². The van der Waals surface area contributed by atoms with Gasteiger partial charge in [0.25, 0.3) is 0 Å². The first-order valence-electron chi connectivity index (χ1n) is 8.93. The van der Waals surface area contributed by atoms with E-state index in [0.717, 1.165) is 29.8 Å². The average Bonchev–Trinajstić information content (AvgIpc) is 3.39. The van der Waals surface area contributed by atoms with Crippen LogP contribution >= 0.6 is 11.6 Å². The molecular weight excluding hydrogens is 366 g/mol. The van der Waals surface area contributed by atoms with E-state index in [1.54, 1.807) is 12.1 Å². The lowest BCUT2D eigenvalue weighted by molar-refractivity contribution is 0.0473. The molecule has 1 aliphatic rings. The third-order valence-corrected chi connectivity index (χ3v) is 5.49. The number of benzene rings is 1. The molecule has 1 aromatic carbocycles. The number of hydrogen-bond acceptors (Lipinski definition) is 4. The molecular formula is C21H20ClNO4. The fourth-order valence-electron chi connectivity index (χ4n) is 3.57. The average molecular weight is 386 g/mol. The molecule has 0 spiro atoms. The van der Waals surface area contributed by atoms with E-state index in [4.69, 9.17) is 20.8 Å². The fraction of sp³-hybridized carbons (Fsp3) is 0.333. The van der Waals surface area contributed by atoms with E-state index >= 15 is 0 Å². The predicted octanol–water partition coefficient (Wildman–Crippen LogP) is 4.87. The van der Waals surface area contributed by atoms with Crippen LogP contribution in [0.25, 0.3) is 11.0 Å². The monoisotopic (exact) mass is 385 g/mol. The molecule has 1 saturated carbocycles. The fourth-order valence-corrected chi connectivity index (χ4v) is 3.73. The summed E-state index contributed by atoms with van der Waals surface area (Å²) < 4.78 is 13.0. The van der Waals surface area contributed by atoms with Crippen molar-refractivity contribution in [3.8, 4) is 0 Å². The highest BCUT2D eigenvalue weighted by Gasteiger charge is 2.28. The zero-order valence-electron chi connectivity index (χ0n) is 15.5. The molecule has 27 heavy (non-hydrogen) atoms. The predicted molar refractivity (Wildman–Crippen MR) is 104 cm³/mol. The molecule has 5 nitrogen and oxygen atoms in total. The Bertz CT molecular complexity index is 1120. The second kappa shape index (κ2) is 6.57. The van der Waals surface area contributed by atoms with Crippen molar-refractivity contribution >= 4 is 28.5 Å². The van der Waals surface area contributed by atoms with Crippen LogP contribution in [0.5, 0.6) is 0 Å². The number of halogens is 1. The van der Waals surface area contributed by atoms with Gasteiger partial charge in [-0.1, -0.05) is 11.6 Å². The Balaban J connectivity index is 1.62. The number of hydrogen-bond donors (Lipinski definition) is 0. The van der Waals surface area contributed by atoms with Crippen molar-refractivity contribution in [3.05, 3.63) is 67.8 Å². The Labute approximate surface area is 161 Å². The standard InChI is InChI=1S/C21H20ClNO4/c1-11-6-19-17(9-18(11)22)14(8-20(24)27-19)10-26-21(25)16-7-12(2)23(13(16)3)15-4-5-15/h6-9,15H,4-5,10H2,1-3H3. The summed E-state index contributed by atoms with van der Waals surface area (Å²) in [5, 5.41) is 1.23. The number of fused-ring (bicyclic) bond motifs is 1. The Morgan fingerprint density at radius 3 is 2.67 bits per heavy atom. The van der Waals surface area contributed by atoms with Crippen molar-refractivity contribution in [2.75, 3.05) is 0 Å². The summed E-state index contributed by atoms with van der Waals surface area (Å²) in [5.41, 5.74) is 3.90. The maximum absolute atomic E-state index is 12.6. The molecule has 3 aromatic rings. The highest BCUT2D eigenvalue weighted by Crippen LogP contribution is 2.38. The largest absolute Gasteiger partial charge is 0.457 e. The van der Waals surface area contributed by atoms with Crippen LogP contribution in [0.2, 0.25) is 5.02 Å². The van der Waals surface area contributed by atoms with Gasteiger partial charge in [0.15, 0.2) is 0 Å². The van der Waals surface area contributed by atoms with Crippen molar-refractivity contribution in [2.45, 2.75) is 46.3 Å². The number of esters is 1. The maximum atomic E-state index is 12.6. The summed E-state index contributed by atoms with van der Waals surface area (Å²) in [6.07, 6.45) is 2.30. The molecule has 4 rings (SSSR count). The van der Waals surface area contributed by atoms with Crippen LogP contribution in [0, 0.1) is 20.8 Å². The summed E-state index contributed by atoms with van der Waals surface area (Å²) in [7, 11) is 0. The molecule has 6 heteroatoms. The normalized spacial score (nSPS) is 13.9. The van der Waals surface area contributed by atoms with Crippen LogP contribution in [0.1, 0.15) is 51.8 Å². The molecule has 140 valence electrons. The molecule has 2 heterocycles. The first-order valence-corrected chi connectivity index (χ1v) is 9.31. The van der Waals surface area contributed by atoms with Gasteiger partial charge < -0.3 is 13.7 Å². The summed E-state index contributed by atoms with van der Waals surface area (Å²) >= 11 is 6.20. The van der Waals surface area contributed by atoms with Crippen molar-refractivity contribution < 1.29 is 13.9 Å². The Morgan fingerprint density at radius 1 is 1.22 bits per heavy atom. The molecule has 0 bridgehead atoms. The first-order chi connectivity index (χ1) is 12.8. The number of ether oxygens (including phenoxy) is 1. The Morgan fingerprint density at radius 2 is 1.96 bits per heavy atom. The number of carbonyl (C=O) groups excluding carboxylic acids is 1. The number of nitrogens with zero attached hydrogens (tertiary/aromatic N) is 1. The van der Waals surface area contributed by atoms with Crippen molar-refractivity contribution in [1.29, 1.82) is 0 Å². The molecule has 2 aromatic heterocycles. The van der Waals surface area contributed by atoms with Crippen LogP contribution in [-0.2, 0) is 11.3 Å². The Kier molecular flexibility index (Phi) is 4.35. The number of aromatic nitrogens is 1. The van der Waals surface area contributed by atoms with E-state index in [9.17, 15) is 9.59 Å². The molecule has 0 amide bonds. The van der Waals surface area contributed by atoms with E-state index in [0.29, 0.717) is 33.2 Å². The van der Waals surface area contributed by atoms with Gasteiger partial charge in [0.1, 0.15) is 12.2 Å². The molecule has 1 fully saturated rings. The molecule has 0 aliphatic heterocycles. The molecule has 0 atom stereocenters. The highest BCUT2D eigenvalue weighted by atomic mass is 35.5. The van der Waals surface area contributed by atoms with E-state index in [2.05, 4.69) is 4.57 Å². The summed E-state index contributed by atoms with van der Waals surface area (Å²) in [4.78, 5) is 24.5. The molecule has 0 radical (unpaired) electrons. The van der Waals surface area contributed by atoms with Crippen LogP contribution in [-0.4, -0.2) is 10.5 Å². The molecule has 0 N–H and O–H groups in total. The van der Waals surface area contributed by atoms with E-state index < -0.39 is 11.6 Å². The van der Waals surface area contributed by atoms with Crippen molar-refractivity contribution in [3.63, 3.8) is 0 Å². The minimum Gasteiger partial charge on any atom is -0.457 e. The smallest absolute Gasteiger partial charge is 0.340 e. The summed E-state index contributed by atoms with van der Waals surface area (Å²) in [5.74, 6) is -0.394. The SMILES string of the molecule is Cc1cc2oc(=O)cc(COC(=O)c3cc(C)n(C4CC4)c3C)c2cc1Cl. The van der Waals surface area contributed by atoms with Gasteiger partial charge in [-0.2, -0.15) is 0 Å². The van der Waals surface area contributed by atoms with Gasteiger partial charge in [-0.15, -0.1) is 0 Å². The van der Waals surface area contributed by atoms with Gasteiger partial charge in [0.2, 0.25) is 0 Å². The lowest BCUT2D eigenvalue weighted by Crippen LogP contribution is -2.09. The van der Waals surface area contributed by atoms with E-state index in [1.807, 2.05) is 26.8 Å². The quantitative estimate of drug-likeness (QED) is 0.475. The first kappa shape index (κ1) is 17.9. The van der Waals surface area contributed by atoms with Gasteiger partial charge in [-0.25, -0.2) is 9.59 Å². The summed E-state index contributed by atoms with van der Waals surface area (Å²) in [6, 6.07) is 7.16. The van der Waals surface area contributed by atoms with Crippen LogP contribution in [0.4, 0.5) is 0 Å². The minimum atomic E-state index is -0.484. The molecule has 0 unspecified atom stereocenters. The lowest BCUT2D eigenvalue weighted by Gasteiger charge is -2.09. The molecule has 1 aliphatic carbocycles. The van der Waals surface area contributed by atoms with Gasteiger partial charge in [-0.3, -0.25) is 0 Å². The number of aryl methyl sites for hydroxylation is 2. The minimum absolute atomic E-state index is 0.0204. The Hall–Kier alpha value is -2.53. The number of carbonyl (C=O) groups is 1. The van der Waals surface area contributed by atoms with Crippen molar-refractivity contribution in [2.24, 2.45) is 0 Å². The second-order valence-corrected chi connectivity index (χ2v) is 7.56. The maximum Gasteiger partial charge on any atom is 0.340 e. The topological polar surface area (TPSA) is 61.4 Å². The number of rotatable bonds is 4.